The van der Waals surface area contributed by atoms with Crippen LogP contribution in [0.5, 0.6) is 11.8 Å². The first-order valence-electron chi connectivity index (χ1n) is 13.3. The fraction of sp³-hybridized carbons (Fsp3) is 0.310. The van der Waals surface area contributed by atoms with Crippen LogP contribution in [0.1, 0.15) is 38.6 Å². The van der Waals surface area contributed by atoms with Gasteiger partial charge >= 0.3 is 6.01 Å². The average Bonchev–Trinajstić information content (AvgIpc) is 3.29. The highest BCUT2D eigenvalue weighted by Gasteiger charge is 2.32. The van der Waals surface area contributed by atoms with Crippen molar-refractivity contribution >= 4 is 43.6 Å². The third kappa shape index (κ3) is 5.02. The highest BCUT2D eigenvalue weighted by Crippen LogP contribution is 2.38. The van der Waals surface area contributed by atoms with Crippen molar-refractivity contribution in [3.8, 4) is 22.9 Å². The molecule has 1 aliphatic heterocycles. The number of sulfonamides is 1. The molecule has 212 valence electrons. The molecule has 0 bridgehead atoms. The molecule has 1 fully saturated rings. The van der Waals surface area contributed by atoms with E-state index in [1.54, 1.807) is 67.1 Å². The van der Waals surface area contributed by atoms with E-state index >= 15 is 4.39 Å². The van der Waals surface area contributed by atoms with Crippen molar-refractivity contribution in [2.75, 3.05) is 13.1 Å². The molecule has 0 aliphatic carbocycles. The fourth-order valence-corrected chi connectivity index (χ4v) is 7.03. The summed E-state index contributed by atoms with van der Waals surface area (Å²) in [4.78, 5) is 17.3. The normalized spacial score (nSPS) is 15.3. The van der Waals surface area contributed by atoms with E-state index in [4.69, 9.17) is 21.3 Å². The molecule has 1 aliphatic rings. The summed E-state index contributed by atoms with van der Waals surface area (Å²) in [5.74, 6) is 0.768. The molecular weight excluding hydrogens is 567 g/mol. The van der Waals surface area contributed by atoms with E-state index in [2.05, 4.69) is 19.5 Å². The molecular formula is C29H28ClFN6O3S. The van der Waals surface area contributed by atoms with E-state index in [1.807, 2.05) is 6.92 Å². The van der Waals surface area contributed by atoms with E-state index in [1.165, 1.54) is 6.07 Å². The van der Waals surface area contributed by atoms with Gasteiger partial charge < -0.3 is 9.30 Å². The second kappa shape index (κ2) is 10.6. The number of aromatic nitrogens is 5. The smallest absolute Gasteiger partial charge is 0.321 e. The number of aryl methyl sites for hydroxylation is 1. The lowest BCUT2D eigenvalue weighted by molar-refractivity contribution is 0.274. The topological polar surface area (TPSA) is 103 Å². The number of fused-ring (bicyclic) bond motifs is 3. The van der Waals surface area contributed by atoms with Gasteiger partial charge in [0.15, 0.2) is 0 Å². The van der Waals surface area contributed by atoms with Crippen LogP contribution in [0.4, 0.5) is 4.39 Å². The minimum atomic E-state index is -3.32. The van der Waals surface area contributed by atoms with Crippen molar-refractivity contribution in [1.29, 1.82) is 0 Å². The summed E-state index contributed by atoms with van der Waals surface area (Å²) in [6.45, 7) is 6.21. The van der Waals surface area contributed by atoms with Crippen molar-refractivity contribution in [3.63, 3.8) is 0 Å². The number of ether oxygens (including phenoxy) is 1. The Hall–Kier alpha value is -3.67. The monoisotopic (exact) mass is 594 g/mol. The SMILES string of the molecule is Cc1nc2cnc3cc(F)c(-c4ccc(Oc5ncccn5)cc4Cl)cc3c2n1C1CCN(S(=O)(=O)C(C)C)CC1. The van der Waals surface area contributed by atoms with Crippen LogP contribution in [0, 0.1) is 12.7 Å². The van der Waals surface area contributed by atoms with E-state index in [9.17, 15) is 8.42 Å². The van der Waals surface area contributed by atoms with E-state index in [0.717, 1.165) is 16.7 Å². The molecule has 5 aromatic rings. The number of halogens is 2. The lowest BCUT2D eigenvalue weighted by Gasteiger charge is -2.33. The third-order valence-electron chi connectivity index (χ3n) is 7.51. The zero-order valence-corrected chi connectivity index (χ0v) is 24.3. The number of nitrogens with zero attached hydrogens (tertiary/aromatic N) is 6. The van der Waals surface area contributed by atoms with Crippen LogP contribution in [0.2, 0.25) is 5.02 Å². The van der Waals surface area contributed by atoms with Gasteiger partial charge in [0, 0.05) is 60.2 Å². The molecule has 0 saturated carbocycles. The Morgan fingerprint density at radius 3 is 2.44 bits per heavy atom. The molecule has 2 aromatic carbocycles. The van der Waals surface area contributed by atoms with Gasteiger partial charge in [0.25, 0.3) is 0 Å². The Labute approximate surface area is 242 Å². The van der Waals surface area contributed by atoms with Gasteiger partial charge in [0.05, 0.1) is 27.5 Å². The van der Waals surface area contributed by atoms with Gasteiger partial charge in [-0.2, -0.15) is 0 Å². The minimum Gasteiger partial charge on any atom is -0.424 e. The van der Waals surface area contributed by atoms with Crippen molar-refractivity contribution < 1.29 is 17.5 Å². The zero-order valence-electron chi connectivity index (χ0n) is 22.8. The summed E-state index contributed by atoms with van der Waals surface area (Å²) in [6.07, 6.45) is 6.09. The largest absolute Gasteiger partial charge is 0.424 e. The maximum Gasteiger partial charge on any atom is 0.321 e. The molecule has 0 N–H and O–H groups in total. The average molecular weight is 595 g/mol. The van der Waals surface area contributed by atoms with Gasteiger partial charge in [-0.15, -0.1) is 0 Å². The molecule has 9 nitrogen and oxygen atoms in total. The van der Waals surface area contributed by atoms with Crippen LogP contribution in [-0.2, 0) is 10.0 Å². The third-order valence-corrected chi connectivity index (χ3v) is 10.1. The standard InChI is InChI=1S/C29H28ClFN6O3S/c1-17(2)41(38,39)36-11-7-19(8-12-36)37-18(3)35-27-16-34-26-15-25(31)22(14-23(26)28(27)37)21-6-5-20(13-24(21)30)40-29-32-9-4-10-33-29/h4-6,9-10,13-17,19H,7-8,11-12H2,1-3H3. The second-order valence-electron chi connectivity index (χ2n) is 10.4. The van der Waals surface area contributed by atoms with Gasteiger partial charge in [0.1, 0.15) is 22.9 Å². The molecule has 41 heavy (non-hydrogen) atoms. The van der Waals surface area contributed by atoms with Crippen molar-refractivity contribution in [3.05, 3.63) is 71.7 Å². The number of imidazole rings is 1. The predicted octanol–water partition coefficient (Wildman–Crippen LogP) is 6.31. The molecule has 12 heteroatoms. The Kier molecular flexibility index (Phi) is 7.13. The van der Waals surface area contributed by atoms with Gasteiger partial charge in [0.2, 0.25) is 10.0 Å². The predicted molar refractivity (Wildman–Crippen MR) is 156 cm³/mol. The molecule has 0 spiro atoms. The summed E-state index contributed by atoms with van der Waals surface area (Å²) in [5.41, 5.74) is 2.86. The number of pyridine rings is 1. The molecule has 0 radical (unpaired) electrons. The number of hydrogen-bond acceptors (Lipinski definition) is 7. The Balaban J connectivity index is 1.39. The number of hydrogen-bond donors (Lipinski definition) is 0. The van der Waals surface area contributed by atoms with Crippen LogP contribution in [0.3, 0.4) is 0 Å². The van der Waals surface area contributed by atoms with Gasteiger partial charge in [-0.1, -0.05) is 11.6 Å². The molecule has 0 unspecified atom stereocenters. The molecule has 0 amide bonds. The molecule has 0 atom stereocenters. The highest BCUT2D eigenvalue weighted by atomic mass is 35.5. The molecule has 3 aromatic heterocycles. The van der Waals surface area contributed by atoms with Crippen LogP contribution in [0.15, 0.2) is 55.0 Å². The summed E-state index contributed by atoms with van der Waals surface area (Å²) in [5, 5.41) is 0.586. The van der Waals surface area contributed by atoms with E-state index < -0.39 is 21.1 Å². The number of piperidine rings is 1. The molecule has 6 rings (SSSR count). The van der Waals surface area contributed by atoms with Gasteiger partial charge in [-0.05, 0) is 57.9 Å². The lowest BCUT2D eigenvalue weighted by Crippen LogP contribution is -2.42. The van der Waals surface area contributed by atoms with Crippen LogP contribution in [0.25, 0.3) is 33.1 Å². The van der Waals surface area contributed by atoms with Crippen LogP contribution < -0.4 is 4.74 Å². The van der Waals surface area contributed by atoms with E-state index in [-0.39, 0.29) is 12.1 Å². The quantitative estimate of drug-likeness (QED) is 0.227. The van der Waals surface area contributed by atoms with Crippen molar-refractivity contribution in [2.24, 2.45) is 0 Å². The summed E-state index contributed by atoms with van der Waals surface area (Å²) < 4.78 is 50.3. The van der Waals surface area contributed by atoms with E-state index in [0.29, 0.717) is 58.9 Å². The maximum absolute atomic E-state index is 15.5. The van der Waals surface area contributed by atoms with Gasteiger partial charge in [-0.25, -0.2) is 32.1 Å². The first-order valence-corrected chi connectivity index (χ1v) is 15.2. The van der Waals surface area contributed by atoms with Crippen molar-refractivity contribution in [2.45, 2.75) is 44.9 Å². The summed E-state index contributed by atoms with van der Waals surface area (Å²) in [7, 11) is -3.32. The molecule has 1 saturated heterocycles. The van der Waals surface area contributed by atoms with Gasteiger partial charge in [-0.3, -0.25) is 4.98 Å². The van der Waals surface area contributed by atoms with Crippen LogP contribution >= 0.6 is 11.6 Å². The molecule has 4 heterocycles. The summed E-state index contributed by atoms with van der Waals surface area (Å²) >= 11 is 6.63. The maximum atomic E-state index is 15.5. The second-order valence-corrected chi connectivity index (χ2v) is 13.3. The highest BCUT2D eigenvalue weighted by molar-refractivity contribution is 7.89. The fourth-order valence-electron chi connectivity index (χ4n) is 5.44. The van der Waals surface area contributed by atoms with Crippen LogP contribution in [-0.4, -0.2) is 55.6 Å². The lowest BCUT2D eigenvalue weighted by atomic mass is 10.0. The number of rotatable bonds is 6. The Morgan fingerprint density at radius 2 is 1.76 bits per heavy atom. The zero-order chi connectivity index (χ0) is 28.9. The minimum absolute atomic E-state index is 0.0398. The number of benzene rings is 2. The first kappa shape index (κ1) is 27.5. The Morgan fingerprint density at radius 1 is 1.02 bits per heavy atom. The van der Waals surface area contributed by atoms with Crippen molar-refractivity contribution in [1.82, 2.24) is 28.8 Å². The summed E-state index contributed by atoms with van der Waals surface area (Å²) in [6, 6.07) is 10.1. The first-order chi connectivity index (χ1) is 19.6. The Bertz CT molecular complexity index is 1870.